The van der Waals surface area contributed by atoms with Gasteiger partial charge in [-0.3, -0.25) is 14.4 Å². The Bertz CT molecular complexity index is 1440. The van der Waals surface area contributed by atoms with Crippen LogP contribution in [0.15, 0.2) is 11.6 Å². The zero-order valence-corrected chi connectivity index (χ0v) is 29.5. The van der Waals surface area contributed by atoms with Crippen LogP contribution in [0.1, 0.15) is 93.9 Å². The molecule has 4 N–H and O–H groups in total. The molecule has 2 spiro atoms. The third-order valence-corrected chi connectivity index (χ3v) is 14.9. The van der Waals surface area contributed by atoms with E-state index in [0.29, 0.717) is 19.3 Å². The second-order valence-corrected chi connectivity index (χ2v) is 17.9. The second-order valence-electron chi connectivity index (χ2n) is 17.9. The Kier molecular flexibility index (Phi) is 7.70. The number of aliphatic hydroxyl groups excluding tert-OH is 4. The van der Waals surface area contributed by atoms with Crippen LogP contribution in [0.3, 0.4) is 0 Å². The van der Waals surface area contributed by atoms with Crippen molar-refractivity contribution in [1.82, 2.24) is 0 Å². The topological polar surface area (TPSA) is 172 Å². The first-order valence-electron chi connectivity index (χ1n) is 17.8. The van der Waals surface area contributed by atoms with Gasteiger partial charge in [-0.1, -0.05) is 46.3 Å². The summed E-state index contributed by atoms with van der Waals surface area (Å²) in [4.78, 5) is 40.3. The number of allylic oxidation sites excluding steroid dienone is 1. The van der Waals surface area contributed by atoms with Gasteiger partial charge < -0.3 is 39.4 Å². The summed E-state index contributed by atoms with van der Waals surface area (Å²) in [7, 11) is 0. The minimum Gasteiger partial charge on any atom is -0.462 e. The van der Waals surface area contributed by atoms with Crippen molar-refractivity contribution in [2.75, 3.05) is 6.61 Å². The molecule has 15 unspecified atom stereocenters. The number of fused-ring (bicyclic) bond motifs is 2. The summed E-state index contributed by atoms with van der Waals surface area (Å²) in [6, 6.07) is 0. The van der Waals surface area contributed by atoms with Gasteiger partial charge in [0.2, 0.25) is 0 Å². The standard InChI is InChI=1S/C37H54O11/c1-17(13-19(39)30-33(5,6)48-30)25-27(42)29(44)34(7)22-10-9-21-32(3,4)23(47-31-28(43)26(41)20(40)15-45-31)11-12-36(21)16-37(22,36)14-24(35(25,34)8)46-18(2)38/h10,17,20-21,23-26,28-31,40-41,43-44H,9,11-16H2,1-8H3. The number of carbonyl (C=O) groups excluding carboxylic acids is 3. The summed E-state index contributed by atoms with van der Waals surface area (Å²) >= 11 is 0. The lowest BCUT2D eigenvalue weighted by Crippen LogP contribution is -2.61. The summed E-state index contributed by atoms with van der Waals surface area (Å²) in [6.07, 6.45) is -1.81. The lowest BCUT2D eigenvalue weighted by molar-refractivity contribution is -0.301. The molecule has 7 aliphatic rings. The Morgan fingerprint density at radius 3 is 2.33 bits per heavy atom. The third kappa shape index (κ3) is 4.34. The summed E-state index contributed by atoms with van der Waals surface area (Å²) < 4.78 is 23.8. The maximum Gasteiger partial charge on any atom is 0.302 e. The van der Waals surface area contributed by atoms with E-state index >= 15 is 0 Å². The molecule has 2 heterocycles. The zero-order chi connectivity index (χ0) is 35.1. The quantitative estimate of drug-likeness (QED) is 0.178. The van der Waals surface area contributed by atoms with E-state index in [4.69, 9.17) is 18.9 Å². The molecule has 0 aromatic rings. The summed E-state index contributed by atoms with van der Waals surface area (Å²) in [5.41, 5.74) is -2.31. The number of ketones is 2. The Morgan fingerprint density at radius 1 is 1.04 bits per heavy atom. The van der Waals surface area contributed by atoms with E-state index in [0.717, 1.165) is 18.4 Å². The molecule has 0 radical (unpaired) electrons. The minimum atomic E-state index is -1.37. The first-order valence-corrected chi connectivity index (χ1v) is 17.8. The van der Waals surface area contributed by atoms with Gasteiger partial charge in [-0.05, 0) is 68.6 Å². The van der Waals surface area contributed by atoms with Crippen molar-refractivity contribution in [3.8, 4) is 0 Å². The number of hydrogen-bond acceptors (Lipinski definition) is 11. The number of Topliss-reactive ketones (excluding diaryl/α,β-unsaturated/α-hetero) is 2. The van der Waals surface area contributed by atoms with Crippen LogP contribution in [0.2, 0.25) is 0 Å². The Morgan fingerprint density at radius 2 is 1.71 bits per heavy atom. The van der Waals surface area contributed by atoms with E-state index in [9.17, 15) is 34.8 Å². The highest BCUT2D eigenvalue weighted by molar-refractivity contribution is 5.93. The van der Waals surface area contributed by atoms with Crippen LogP contribution < -0.4 is 0 Å². The summed E-state index contributed by atoms with van der Waals surface area (Å²) in [5, 5.41) is 42.9. The van der Waals surface area contributed by atoms with E-state index in [1.807, 2.05) is 34.6 Å². The van der Waals surface area contributed by atoms with Crippen LogP contribution in [-0.4, -0.2) is 99.2 Å². The van der Waals surface area contributed by atoms with Crippen LogP contribution in [-0.2, 0) is 33.3 Å². The van der Waals surface area contributed by atoms with Crippen LogP contribution in [0, 0.1) is 44.8 Å². The number of ether oxygens (including phenoxy) is 4. The molecule has 11 heteroatoms. The molecule has 4 saturated carbocycles. The van der Waals surface area contributed by atoms with Gasteiger partial charge in [0, 0.05) is 35.5 Å². The average Bonchev–Trinajstić information content (AvgIpc) is 3.84. The smallest absolute Gasteiger partial charge is 0.302 e. The molecular weight excluding hydrogens is 620 g/mol. The van der Waals surface area contributed by atoms with Gasteiger partial charge in [-0.25, -0.2) is 0 Å². The molecule has 6 fully saturated rings. The van der Waals surface area contributed by atoms with Crippen molar-refractivity contribution >= 4 is 17.5 Å². The molecule has 2 saturated heterocycles. The normalized spacial score (nSPS) is 51.8. The van der Waals surface area contributed by atoms with Crippen LogP contribution >= 0.6 is 0 Å². The van der Waals surface area contributed by atoms with E-state index in [2.05, 4.69) is 19.9 Å². The number of esters is 1. The van der Waals surface area contributed by atoms with Crippen molar-refractivity contribution in [1.29, 1.82) is 0 Å². The molecule has 0 amide bonds. The maximum absolute atomic E-state index is 14.3. The van der Waals surface area contributed by atoms with E-state index in [-0.39, 0.29) is 52.9 Å². The molecule has 5 aliphatic carbocycles. The zero-order valence-electron chi connectivity index (χ0n) is 29.5. The van der Waals surface area contributed by atoms with Gasteiger partial charge in [0.15, 0.2) is 17.9 Å². The van der Waals surface area contributed by atoms with Crippen LogP contribution in [0.25, 0.3) is 0 Å². The largest absolute Gasteiger partial charge is 0.462 e. The molecule has 48 heavy (non-hydrogen) atoms. The summed E-state index contributed by atoms with van der Waals surface area (Å²) in [6.45, 7) is 15.2. The first-order chi connectivity index (χ1) is 22.2. The molecule has 11 nitrogen and oxygen atoms in total. The lowest BCUT2D eigenvalue weighted by atomic mass is 9.44. The van der Waals surface area contributed by atoms with Gasteiger partial charge >= 0.3 is 5.97 Å². The first kappa shape index (κ1) is 34.7. The maximum atomic E-state index is 14.3. The Balaban J connectivity index is 1.22. The van der Waals surface area contributed by atoms with Crippen molar-refractivity contribution in [3.63, 3.8) is 0 Å². The predicted molar refractivity (Wildman–Crippen MR) is 170 cm³/mol. The fourth-order valence-corrected chi connectivity index (χ4v) is 12.2. The van der Waals surface area contributed by atoms with E-state index in [1.54, 1.807) is 0 Å². The number of carbonyl (C=O) groups is 3. The number of aliphatic hydroxyl groups is 4. The number of epoxide rings is 1. The monoisotopic (exact) mass is 674 g/mol. The highest BCUT2D eigenvalue weighted by atomic mass is 16.7. The molecule has 0 aromatic carbocycles. The van der Waals surface area contributed by atoms with Crippen molar-refractivity contribution in [2.45, 2.75) is 149 Å². The van der Waals surface area contributed by atoms with Gasteiger partial charge in [0.1, 0.15) is 36.6 Å². The molecule has 2 aliphatic heterocycles. The average molecular weight is 675 g/mol. The van der Waals surface area contributed by atoms with Crippen molar-refractivity contribution in [2.24, 2.45) is 44.8 Å². The third-order valence-electron chi connectivity index (χ3n) is 14.9. The van der Waals surface area contributed by atoms with Crippen molar-refractivity contribution < 1.29 is 53.8 Å². The lowest BCUT2D eigenvalue weighted by Gasteiger charge is -2.61. The van der Waals surface area contributed by atoms with E-state index in [1.165, 1.54) is 6.92 Å². The Labute approximate surface area is 282 Å². The van der Waals surface area contributed by atoms with Gasteiger partial charge in [-0.15, -0.1) is 0 Å². The highest BCUT2D eigenvalue weighted by Crippen LogP contribution is 2.88. The molecule has 15 atom stereocenters. The number of hydrogen-bond donors (Lipinski definition) is 4. The van der Waals surface area contributed by atoms with Gasteiger partial charge in [-0.2, -0.15) is 0 Å². The molecule has 0 aromatic heterocycles. The minimum absolute atomic E-state index is 0.0535. The Hall–Kier alpha value is -1.73. The fourth-order valence-electron chi connectivity index (χ4n) is 12.2. The predicted octanol–water partition coefficient (Wildman–Crippen LogP) is 2.63. The molecular formula is C37H54O11. The molecule has 268 valence electrons. The van der Waals surface area contributed by atoms with Crippen LogP contribution in [0.4, 0.5) is 0 Å². The second kappa shape index (κ2) is 10.7. The highest BCUT2D eigenvalue weighted by Gasteiger charge is 2.85. The van der Waals surface area contributed by atoms with Gasteiger partial charge in [0.05, 0.1) is 18.3 Å². The van der Waals surface area contributed by atoms with Crippen LogP contribution in [0.5, 0.6) is 0 Å². The number of rotatable bonds is 7. The molecule has 7 rings (SSSR count). The molecule has 0 bridgehead atoms. The van der Waals surface area contributed by atoms with E-state index < -0.39 is 77.1 Å². The SMILES string of the molecule is CC(=O)OC1CC23CC24CCC(OC2OCC(O)C(O)C2O)C(C)(C)C4CC=C3C2(C)C(O)C(=O)C(C(C)CC(=O)C3OC3(C)C)C12C. The summed E-state index contributed by atoms with van der Waals surface area (Å²) in [5.74, 6) is -1.73. The van der Waals surface area contributed by atoms with Crippen molar-refractivity contribution in [3.05, 3.63) is 11.6 Å². The fraction of sp³-hybridized carbons (Fsp3) is 0.865. The van der Waals surface area contributed by atoms with Gasteiger partial charge in [0.25, 0.3) is 0 Å².